The van der Waals surface area contributed by atoms with E-state index in [-0.39, 0.29) is 12.1 Å². The second kappa shape index (κ2) is 5.75. The molecule has 0 aromatic carbocycles. The average molecular weight is 236 g/mol. The van der Waals surface area contributed by atoms with Crippen LogP contribution in [0.2, 0.25) is 0 Å². The van der Waals surface area contributed by atoms with Crippen molar-refractivity contribution in [2.75, 3.05) is 0 Å². The van der Waals surface area contributed by atoms with Crippen LogP contribution in [0, 0.1) is 0 Å². The summed E-state index contributed by atoms with van der Waals surface area (Å²) in [5.74, 6) is 0.970. The number of aryl methyl sites for hydroxylation is 1. The van der Waals surface area contributed by atoms with E-state index in [0.29, 0.717) is 6.04 Å². The number of carbonyl (C=O) groups is 1. The van der Waals surface area contributed by atoms with Gasteiger partial charge in [-0.1, -0.05) is 0 Å². The van der Waals surface area contributed by atoms with Crippen LogP contribution >= 0.6 is 0 Å². The molecule has 2 N–H and O–H groups in total. The number of amides is 2. The van der Waals surface area contributed by atoms with Crippen molar-refractivity contribution in [2.45, 2.75) is 51.1 Å². The van der Waals surface area contributed by atoms with Crippen LogP contribution in [0.4, 0.5) is 4.79 Å². The SMILES string of the molecule is CC(CCc1ccco1)NC(=O)NC1CCC1. The van der Waals surface area contributed by atoms with E-state index in [1.807, 2.05) is 19.1 Å². The van der Waals surface area contributed by atoms with E-state index in [4.69, 9.17) is 4.42 Å². The molecule has 2 amide bonds. The number of carbonyl (C=O) groups excluding carboxylic acids is 1. The number of hydrogen-bond acceptors (Lipinski definition) is 2. The standard InChI is InChI=1S/C13H20N2O2/c1-10(7-8-12-6-3-9-17-12)14-13(16)15-11-4-2-5-11/h3,6,9-11H,2,4-5,7-8H2,1H3,(H2,14,15,16). The summed E-state index contributed by atoms with van der Waals surface area (Å²) in [4.78, 5) is 11.6. The van der Waals surface area contributed by atoms with Crippen molar-refractivity contribution in [1.29, 1.82) is 0 Å². The Kier molecular flexibility index (Phi) is 4.07. The fourth-order valence-electron chi connectivity index (χ4n) is 1.89. The first kappa shape index (κ1) is 12.0. The molecule has 1 saturated carbocycles. The van der Waals surface area contributed by atoms with Crippen molar-refractivity contribution in [3.63, 3.8) is 0 Å². The van der Waals surface area contributed by atoms with Gasteiger partial charge in [0, 0.05) is 18.5 Å². The van der Waals surface area contributed by atoms with Gasteiger partial charge < -0.3 is 15.1 Å². The summed E-state index contributed by atoms with van der Waals surface area (Å²) >= 11 is 0. The Labute approximate surface area is 102 Å². The minimum Gasteiger partial charge on any atom is -0.469 e. The molecule has 1 aromatic heterocycles. The van der Waals surface area contributed by atoms with Gasteiger partial charge in [0.05, 0.1) is 6.26 Å². The predicted octanol–water partition coefficient (Wildman–Crippen LogP) is 2.45. The number of rotatable bonds is 5. The van der Waals surface area contributed by atoms with Crippen molar-refractivity contribution in [3.8, 4) is 0 Å². The van der Waals surface area contributed by atoms with Crippen LogP contribution < -0.4 is 10.6 Å². The van der Waals surface area contributed by atoms with Crippen LogP contribution in [0.3, 0.4) is 0 Å². The van der Waals surface area contributed by atoms with E-state index in [2.05, 4.69) is 10.6 Å². The second-order valence-corrected chi connectivity index (χ2v) is 4.76. The molecular weight excluding hydrogens is 216 g/mol. The summed E-state index contributed by atoms with van der Waals surface area (Å²) in [7, 11) is 0. The summed E-state index contributed by atoms with van der Waals surface area (Å²) < 4.78 is 5.25. The first-order chi connectivity index (χ1) is 8.24. The molecule has 0 radical (unpaired) electrons. The highest BCUT2D eigenvalue weighted by molar-refractivity contribution is 5.74. The maximum absolute atomic E-state index is 11.6. The van der Waals surface area contributed by atoms with E-state index < -0.39 is 0 Å². The van der Waals surface area contributed by atoms with Crippen LogP contribution in [0.5, 0.6) is 0 Å². The summed E-state index contributed by atoms with van der Waals surface area (Å²) in [6, 6.07) is 4.37. The first-order valence-corrected chi connectivity index (χ1v) is 6.33. The highest BCUT2D eigenvalue weighted by Gasteiger charge is 2.19. The molecule has 0 aliphatic heterocycles. The van der Waals surface area contributed by atoms with Gasteiger partial charge in [-0.3, -0.25) is 0 Å². The van der Waals surface area contributed by atoms with E-state index >= 15 is 0 Å². The molecule has 1 aliphatic rings. The summed E-state index contributed by atoms with van der Waals surface area (Å²) in [6.07, 6.45) is 6.90. The third-order valence-electron chi connectivity index (χ3n) is 3.22. The van der Waals surface area contributed by atoms with Gasteiger partial charge in [-0.25, -0.2) is 4.79 Å². The monoisotopic (exact) mass is 236 g/mol. The van der Waals surface area contributed by atoms with E-state index in [1.54, 1.807) is 6.26 Å². The Bertz CT molecular complexity index is 344. The largest absolute Gasteiger partial charge is 0.469 e. The van der Waals surface area contributed by atoms with Crippen molar-refractivity contribution >= 4 is 6.03 Å². The second-order valence-electron chi connectivity index (χ2n) is 4.76. The van der Waals surface area contributed by atoms with Gasteiger partial charge in [-0.15, -0.1) is 0 Å². The molecule has 4 nitrogen and oxygen atoms in total. The highest BCUT2D eigenvalue weighted by atomic mass is 16.3. The topological polar surface area (TPSA) is 54.3 Å². The van der Waals surface area contributed by atoms with Crippen molar-refractivity contribution in [3.05, 3.63) is 24.2 Å². The van der Waals surface area contributed by atoms with Gasteiger partial charge in [0.2, 0.25) is 0 Å². The summed E-state index contributed by atoms with van der Waals surface area (Å²) in [6.45, 7) is 2.02. The fraction of sp³-hybridized carbons (Fsp3) is 0.615. The average Bonchev–Trinajstić information content (AvgIpc) is 2.73. The van der Waals surface area contributed by atoms with E-state index in [1.165, 1.54) is 6.42 Å². The van der Waals surface area contributed by atoms with Crippen molar-refractivity contribution < 1.29 is 9.21 Å². The number of furan rings is 1. The van der Waals surface area contributed by atoms with Crippen LogP contribution in [-0.4, -0.2) is 18.1 Å². The van der Waals surface area contributed by atoms with Gasteiger partial charge in [0.15, 0.2) is 0 Å². The van der Waals surface area contributed by atoms with Crippen LogP contribution in [0.1, 0.15) is 38.4 Å². The lowest BCUT2D eigenvalue weighted by Gasteiger charge is -2.27. The molecule has 1 fully saturated rings. The Hall–Kier alpha value is -1.45. The van der Waals surface area contributed by atoms with Crippen molar-refractivity contribution in [2.24, 2.45) is 0 Å². The van der Waals surface area contributed by atoms with E-state index in [9.17, 15) is 4.79 Å². The quantitative estimate of drug-likeness (QED) is 0.825. The lowest BCUT2D eigenvalue weighted by Crippen LogP contribution is -2.47. The smallest absolute Gasteiger partial charge is 0.315 e. The molecule has 1 heterocycles. The maximum atomic E-state index is 11.6. The summed E-state index contributed by atoms with van der Waals surface area (Å²) in [5.41, 5.74) is 0. The molecule has 0 bridgehead atoms. The van der Waals surface area contributed by atoms with Crippen LogP contribution in [0.25, 0.3) is 0 Å². The molecule has 2 rings (SSSR count). The zero-order valence-corrected chi connectivity index (χ0v) is 10.2. The van der Waals surface area contributed by atoms with Gasteiger partial charge in [-0.05, 0) is 44.7 Å². The van der Waals surface area contributed by atoms with Gasteiger partial charge in [0.1, 0.15) is 5.76 Å². The normalized spacial score (nSPS) is 17.2. The van der Waals surface area contributed by atoms with E-state index in [0.717, 1.165) is 31.4 Å². The predicted molar refractivity (Wildman–Crippen MR) is 65.8 cm³/mol. The fourth-order valence-corrected chi connectivity index (χ4v) is 1.89. The number of hydrogen-bond donors (Lipinski definition) is 2. The van der Waals surface area contributed by atoms with Crippen LogP contribution in [-0.2, 0) is 6.42 Å². The van der Waals surface area contributed by atoms with Gasteiger partial charge in [-0.2, -0.15) is 0 Å². The van der Waals surface area contributed by atoms with Gasteiger partial charge in [0.25, 0.3) is 0 Å². The maximum Gasteiger partial charge on any atom is 0.315 e. The molecule has 94 valence electrons. The third kappa shape index (κ3) is 3.80. The van der Waals surface area contributed by atoms with Crippen LogP contribution in [0.15, 0.2) is 22.8 Å². The molecule has 1 unspecified atom stereocenters. The highest BCUT2D eigenvalue weighted by Crippen LogP contribution is 2.17. The zero-order chi connectivity index (χ0) is 12.1. The Morgan fingerprint density at radius 1 is 1.59 bits per heavy atom. The lowest BCUT2D eigenvalue weighted by molar-refractivity contribution is 0.224. The lowest BCUT2D eigenvalue weighted by atomic mass is 9.93. The first-order valence-electron chi connectivity index (χ1n) is 6.33. The molecule has 0 saturated heterocycles. The molecule has 17 heavy (non-hydrogen) atoms. The Morgan fingerprint density at radius 3 is 3.00 bits per heavy atom. The van der Waals surface area contributed by atoms with Crippen molar-refractivity contribution in [1.82, 2.24) is 10.6 Å². The van der Waals surface area contributed by atoms with Gasteiger partial charge >= 0.3 is 6.03 Å². The number of nitrogens with one attached hydrogen (secondary N) is 2. The molecule has 0 spiro atoms. The molecular formula is C13H20N2O2. The summed E-state index contributed by atoms with van der Waals surface area (Å²) in [5, 5.41) is 5.92. The minimum atomic E-state index is -0.0401. The molecule has 1 atom stereocenters. The molecule has 1 aromatic rings. The number of urea groups is 1. The Morgan fingerprint density at radius 2 is 2.41 bits per heavy atom. The minimum absolute atomic E-state index is 0.0401. The Balaban J connectivity index is 1.62. The molecule has 1 aliphatic carbocycles. The third-order valence-corrected chi connectivity index (χ3v) is 3.22. The molecule has 4 heteroatoms. The zero-order valence-electron chi connectivity index (χ0n) is 10.2.